The highest BCUT2D eigenvalue weighted by molar-refractivity contribution is 7.20. The lowest BCUT2D eigenvalue weighted by atomic mass is 10.1. The molecule has 30 heavy (non-hydrogen) atoms. The van der Waals surface area contributed by atoms with Gasteiger partial charge < -0.3 is 14.6 Å². The van der Waals surface area contributed by atoms with Gasteiger partial charge in [0.25, 0.3) is 11.5 Å². The van der Waals surface area contributed by atoms with Crippen molar-refractivity contribution in [2.24, 2.45) is 7.05 Å². The number of thiophene rings is 1. The number of ether oxygens (including phenoxy) is 1. The number of carbonyl (C=O) groups excluding carboxylic acids is 2. The van der Waals surface area contributed by atoms with Gasteiger partial charge >= 0.3 is 12.1 Å². The van der Waals surface area contributed by atoms with Crippen LogP contribution in [0.25, 0.3) is 10.2 Å². The van der Waals surface area contributed by atoms with Crippen molar-refractivity contribution in [2.45, 2.75) is 13.1 Å². The summed E-state index contributed by atoms with van der Waals surface area (Å²) < 4.78 is 45.4. The van der Waals surface area contributed by atoms with E-state index >= 15 is 0 Å². The Morgan fingerprint density at radius 2 is 2.03 bits per heavy atom. The lowest BCUT2D eigenvalue weighted by Gasteiger charge is -2.15. The minimum absolute atomic E-state index is 0.0716. The fourth-order valence-corrected chi connectivity index (χ4v) is 3.92. The first-order valence-corrected chi connectivity index (χ1v) is 9.47. The van der Waals surface area contributed by atoms with Crippen molar-refractivity contribution in [3.63, 3.8) is 0 Å². The molecule has 0 fully saturated rings. The third-order valence-electron chi connectivity index (χ3n) is 4.11. The monoisotopic (exact) mass is 459 g/mol. The number of anilines is 1. The number of aryl methyl sites for hydroxylation is 2. The molecule has 0 bridgehead atoms. The lowest BCUT2D eigenvalue weighted by molar-refractivity contribution is -0.137. The molecule has 0 aliphatic carbocycles. The molecule has 12 heteroatoms. The highest BCUT2D eigenvalue weighted by Gasteiger charge is 2.35. The van der Waals surface area contributed by atoms with E-state index in [2.05, 4.69) is 4.98 Å². The first kappa shape index (κ1) is 21.8. The Morgan fingerprint density at radius 1 is 1.33 bits per heavy atom. The SMILES string of the molecule is Cc1c(C(=O)OCC(=O)Nc2c(Cl)cccc2C(F)(F)F)sc2ncn(C)c(=O)c12. The number of benzene rings is 1. The van der Waals surface area contributed by atoms with Crippen molar-refractivity contribution in [2.75, 3.05) is 11.9 Å². The van der Waals surface area contributed by atoms with E-state index in [4.69, 9.17) is 16.3 Å². The Morgan fingerprint density at radius 3 is 2.70 bits per heavy atom. The van der Waals surface area contributed by atoms with Crippen LogP contribution in [0.5, 0.6) is 0 Å². The van der Waals surface area contributed by atoms with Gasteiger partial charge in [0.15, 0.2) is 6.61 Å². The molecule has 0 spiro atoms. The summed E-state index contributed by atoms with van der Waals surface area (Å²) in [5.74, 6) is -1.90. The van der Waals surface area contributed by atoms with Crippen molar-refractivity contribution in [3.8, 4) is 0 Å². The van der Waals surface area contributed by atoms with Gasteiger partial charge in [-0.2, -0.15) is 13.2 Å². The number of amides is 1. The lowest BCUT2D eigenvalue weighted by Crippen LogP contribution is -2.23. The van der Waals surface area contributed by atoms with Crippen molar-refractivity contribution in [1.29, 1.82) is 0 Å². The summed E-state index contributed by atoms with van der Waals surface area (Å²) in [7, 11) is 1.51. The molecule has 3 rings (SSSR count). The molecule has 0 radical (unpaired) electrons. The summed E-state index contributed by atoms with van der Waals surface area (Å²) in [4.78, 5) is 41.1. The molecule has 158 valence electrons. The summed E-state index contributed by atoms with van der Waals surface area (Å²) in [6.07, 6.45) is -3.43. The van der Waals surface area contributed by atoms with Crippen molar-refractivity contribution in [3.05, 3.63) is 55.9 Å². The number of aromatic nitrogens is 2. The summed E-state index contributed by atoms with van der Waals surface area (Å²) in [6, 6.07) is 3.05. The first-order chi connectivity index (χ1) is 14.0. The van der Waals surface area contributed by atoms with Crippen molar-refractivity contribution < 1.29 is 27.5 Å². The van der Waals surface area contributed by atoms with Gasteiger partial charge in [-0.05, 0) is 24.6 Å². The van der Waals surface area contributed by atoms with Crippen molar-refractivity contribution >= 4 is 50.7 Å². The molecule has 3 aromatic rings. The molecule has 1 amide bonds. The van der Waals surface area contributed by atoms with E-state index in [0.29, 0.717) is 10.4 Å². The van der Waals surface area contributed by atoms with Crippen molar-refractivity contribution in [1.82, 2.24) is 9.55 Å². The number of hydrogen-bond acceptors (Lipinski definition) is 6. The largest absolute Gasteiger partial charge is 0.451 e. The van der Waals surface area contributed by atoms with Crippen LogP contribution >= 0.6 is 22.9 Å². The minimum Gasteiger partial charge on any atom is -0.451 e. The average Bonchev–Trinajstić information content (AvgIpc) is 3.01. The first-order valence-electron chi connectivity index (χ1n) is 8.28. The highest BCUT2D eigenvalue weighted by Crippen LogP contribution is 2.38. The molecule has 1 aromatic carbocycles. The van der Waals surface area contributed by atoms with Crippen LogP contribution in [0.1, 0.15) is 20.8 Å². The number of esters is 1. The molecule has 2 heterocycles. The fraction of sp³-hybridized carbons (Fsp3) is 0.222. The van der Waals surface area contributed by atoms with Gasteiger partial charge in [0, 0.05) is 7.05 Å². The topological polar surface area (TPSA) is 90.3 Å². The highest BCUT2D eigenvalue weighted by atomic mass is 35.5. The fourth-order valence-electron chi connectivity index (χ4n) is 2.66. The van der Waals surface area contributed by atoms with Crippen LogP contribution in [0.2, 0.25) is 5.02 Å². The second-order valence-electron chi connectivity index (χ2n) is 6.18. The number of halogens is 4. The van der Waals surface area contributed by atoms with E-state index in [9.17, 15) is 27.6 Å². The maximum Gasteiger partial charge on any atom is 0.418 e. The molecular formula is C18H13ClF3N3O4S. The van der Waals surface area contributed by atoms with Gasteiger partial charge in [0.1, 0.15) is 9.71 Å². The van der Waals surface area contributed by atoms with Gasteiger partial charge in [0.2, 0.25) is 0 Å². The third kappa shape index (κ3) is 4.17. The van der Waals surface area contributed by atoms with Crippen LogP contribution in [0.15, 0.2) is 29.3 Å². The van der Waals surface area contributed by atoms with Gasteiger partial charge in [-0.1, -0.05) is 17.7 Å². The summed E-state index contributed by atoms with van der Waals surface area (Å²) in [5, 5.41) is 1.96. The Labute approximate surface area is 176 Å². The molecule has 0 atom stereocenters. The molecule has 0 unspecified atom stereocenters. The molecule has 0 saturated heterocycles. The molecular weight excluding hydrogens is 447 g/mol. The zero-order valence-electron chi connectivity index (χ0n) is 15.5. The smallest absolute Gasteiger partial charge is 0.418 e. The van der Waals surface area contributed by atoms with E-state index in [1.807, 2.05) is 5.32 Å². The number of alkyl halides is 3. The van der Waals surface area contributed by atoms with Gasteiger partial charge in [0.05, 0.1) is 28.0 Å². The summed E-state index contributed by atoms with van der Waals surface area (Å²) in [5.41, 5.74) is -1.75. The van der Waals surface area contributed by atoms with E-state index < -0.39 is 35.9 Å². The Bertz CT molecular complexity index is 1220. The molecule has 2 aromatic heterocycles. The normalized spacial score (nSPS) is 11.5. The zero-order valence-corrected chi connectivity index (χ0v) is 17.0. The number of nitrogens with one attached hydrogen (secondary N) is 1. The third-order valence-corrected chi connectivity index (χ3v) is 5.61. The van der Waals surface area contributed by atoms with Gasteiger partial charge in [-0.15, -0.1) is 11.3 Å². The van der Waals surface area contributed by atoms with Gasteiger partial charge in [-0.25, -0.2) is 9.78 Å². The average molecular weight is 460 g/mol. The number of fused-ring (bicyclic) bond motifs is 1. The van der Waals surface area contributed by atoms with Gasteiger partial charge in [-0.3, -0.25) is 9.59 Å². The second-order valence-corrected chi connectivity index (χ2v) is 7.59. The predicted molar refractivity (Wildman–Crippen MR) is 105 cm³/mol. The van der Waals surface area contributed by atoms with Crippen LogP contribution < -0.4 is 10.9 Å². The molecule has 0 aliphatic rings. The standard InChI is InChI=1S/C18H13ClF3N3O4S/c1-8-12-15(23-7-25(2)16(12)27)30-14(8)17(28)29-6-11(26)24-13-9(18(20,21)22)4-3-5-10(13)19/h3-5,7H,6H2,1-2H3,(H,24,26). The molecule has 7 nitrogen and oxygen atoms in total. The zero-order chi connectivity index (χ0) is 22.2. The second kappa shape index (κ2) is 8.07. The molecule has 0 aliphatic heterocycles. The molecule has 0 saturated carbocycles. The van der Waals surface area contributed by atoms with E-state index in [-0.39, 0.29) is 20.8 Å². The number of nitrogens with zero attached hydrogens (tertiary/aromatic N) is 2. The van der Waals surface area contributed by atoms with Crippen LogP contribution in [0.4, 0.5) is 18.9 Å². The summed E-state index contributed by atoms with van der Waals surface area (Å²) >= 11 is 6.69. The number of hydrogen-bond donors (Lipinski definition) is 1. The number of para-hydroxylation sites is 1. The minimum atomic E-state index is -4.74. The quantitative estimate of drug-likeness (QED) is 0.600. The predicted octanol–water partition coefficient (Wildman–Crippen LogP) is 3.77. The van der Waals surface area contributed by atoms with Crippen LogP contribution in [0, 0.1) is 6.92 Å². The van der Waals surface area contributed by atoms with E-state index in [0.717, 1.165) is 23.5 Å². The summed E-state index contributed by atoms with van der Waals surface area (Å²) in [6.45, 7) is 0.693. The van der Waals surface area contributed by atoms with Crippen LogP contribution in [0.3, 0.4) is 0 Å². The van der Waals surface area contributed by atoms with Crippen LogP contribution in [-0.4, -0.2) is 28.0 Å². The van der Waals surface area contributed by atoms with E-state index in [1.165, 1.54) is 30.9 Å². The number of rotatable bonds is 4. The number of carbonyl (C=O) groups is 2. The maximum atomic E-state index is 13.1. The Balaban J connectivity index is 1.76. The van der Waals surface area contributed by atoms with E-state index in [1.54, 1.807) is 0 Å². The maximum absolute atomic E-state index is 13.1. The van der Waals surface area contributed by atoms with Crippen LogP contribution in [-0.2, 0) is 22.8 Å². The Hall–Kier alpha value is -2.92. The molecule has 1 N–H and O–H groups in total. The Kier molecular flexibility index (Phi) is 5.86.